The van der Waals surface area contributed by atoms with Crippen LogP contribution in [0.5, 0.6) is 17.2 Å². The van der Waals surface area contributed by atoms with E-state index in [0.29, 0.717) is 18.2 Å². The maximum atomic E-state index is 6.64. The highest BCUT2D eigenvalue weighted by atomic mass is 35.5. The van der Waals surface area contributed by atoms with Crippen molar-refractivity contribution in [3.05, 3.63) is 71.0 Å². The number of halogens is 1. The molecule has 0 bridgehead atoms. The summed E-state index contributed by atoms with van der Waals surface area (Å²) in [5.41, 5.74) is 3.14. The van der Waals surface area contributed by atoms with Crippen molar-refractivity contribution in [1.82, 2.24) is 9.47 Å². The second-order valence-electron chi connectivity index (χ2n) is 8.57. The summed E-state index contributed by atoms with van der Waals surface area (Å²) in [5.74, 6) is 2.34. The van der Waals surface area contributed by atoms with E-state index in [1.165, 1.54) is 11.3 Å². The summed E-state index contributed by atoms with van der Waals surface area (Å²) in [5, 5.41) is 0.695. The van der Waals surface area contributed by atoms with Crippen LogP contribution in [-0.4, -0.2) is 50.0 Å². The van der Waals surface area contributed by atoms with Crippen LogP contribution >= 0.6 is 11.6 Å². The fourth-order valence-corrected chi connectivity index (χ4v) is 5.01. The highest BCUT2D eigenvalue weighted by Gasteiger charge is 2.43. The molecular weight excluding hydrogens is 440 g/mol. The van der Waals surface area contributed by atoms with Crippen molar-refractivity contribution in [2.75, 3.05) is 40.5 Å². The number of hydrogen-bond acceptors (Lipinski definition) is 5. The molecule has 7 heteroatoms. The van der Waals surface area contributed by atoms with Gasteiger partial charge in [0.25, 0.3) is 0 Å². The quantitative estimate of drug-likeness (QED) is 0.454. The third kappa shape index (κ3) is 4.31. The Hall–Kier alpha value is -2.67. The molecule has 1 saturated heterocycles. The first-order valence-electron chi connectivity index (χ1n) is 11.3. The Morgan fingerprint density at radius 1 is 1.00 bits per heavy atom. The fourth-order valence-electron chi connectivity index (χ4n) is 4.85. The molecule has 1 aromatic heterocycles. The van der Waals surface area contributed by atoms with Crippen LogP contribution in [0.3, 0.4) is 0 Å². The van der Waals surface area contributed by atoms with E-state index in [-0.39, 0.29) is 5.60 Å². The van der Waals surface area contributed by atoms with Gasteiger partial charge in [-0.3, -0.25) is 4.90 Å². The second kappa shape index (κ2) is 9.29. The molecule has 0 amide bonds. The SMILES string of the molecule is COCCOc1ccc(CN2CCC3(CC2)Oc2cc(Cl)ccc2-n2cccc23)cc1OC. The van der Waals surface area contributed by atoms with Gasteiger partial charge in [-0.25, -0.2) is 0 Å². The van der Waals surface area contributed by atoms with Crippen LogP contribution in [0.15, 0.2) is 54.7 Å². The topological polar surface area (TPSA) is 45.1 Å². The Morgan fingerprint density at radius 3 is 2.64 bits per heavy atom. The summed E-state index contributed by atoms with van der Waals surface area (Å²) < 4.78 is 25.3. The van der Waals surface area contributed by atoms with Gasteiger partial charge in [-0.2, -0.15) is 0 Å². The first-order valence-corrected chi connectivity index (χ1v) is 11.7. The molecule has 33 heavy (non-hydrogen) atoms. The Labute approximate surface area is 199 Å². The van der Waals surface area contributed by atoms with Crippen molar-refractivity contribution >= 4 is 11.6 Å². The van der Waals surface area contributed by atoms with Gasteiger partial charge in [-0.15, -0.1) is 0 Å². The summed E-state index contributed by atoms with van der Waals surface area (Å²) in [6.45, 7) is 3.78. The van der Waals surface area contributed by atoms with Crippen LogP contribution in [0.25, 0.3) is 5.69 Å². The van der Waals surface area contributed by atoms with Crippen molar-refractivity contribution in [3.63, 3.8) is 0 Å². The maximum absolute atomic E-state index is 6.64. The summed E-state index contributed by atoms with van der Waals surface area (Å²) in [6, 6.07) is 16.3. The summed E-state index contributed by atoms with van der Waals surface area (Å²) >= 11 is 6.27. The van der Waals surface area contributed by atoms with E-state index < -0.39 is 0 Å². The number of ether oxygens (including phenoxy) is 4. The molecule has 6 nitrogen and oxygen atoms in total. The average Bonchev–Trinajstić information content (AvgIpc) is 3.33. The van der Waals surface area contributed by atoms with E-state index in [1.807, 2.05) is 24.3 Å². The van der Waals surface area contributed by atoms with Crippen molar-refractivity contribution in [3.8, 4) is 22.9 Å². The minimum absolute atomic E-state index is 0.325. The van der Waals surface area contributed by atoms with E-state index in [2.05, 4.69) is 39.9 Å². The van der Waals surface area contributed by atoms with Gasteiger partial charge < -0.3 is 23.5 Å². The van der Waals surface area contributed by atoms with Crippen molar-refractivity contribution < 1.29 is 18.9 Å². The first-order chi connectivity index (χ1) is 16.1. The van der Waals surface area contributed by atoms with Gasteiger partial charge in [-0.05, 0) is 42.0 Å². The van der Waals surface area contributed by atoms with E-state index >= 15 is 0 Å². The molecule has 3 heterocycles. The Kier molecular flexibility index (Phi) is 6.23. The lowest BCUT2D eigenvalue weighted by molar-refractivity contribution is -0.0151. The molecule has 2 aliphatic heterocycles. The largest absolute Gasteiger partial charge is 0.493 e. The Bertz CT molecular complexity index is 1120. The second-order valence-corrected chi connectivity index (χ2v) is 9.01. The monoisotopic (exact) mass is 468 g/mol. The number of likely N-dealkylation sites (tertiary alicyclic amines) is 1. The molecule has 0 N–H and O–H groups in total. The molecule has 0 radical (unpaired) electrons. The van der Waals surface area contributed by atoms with Gasteiger partial charge in [-0.1, -0.05) is 17.7 Å². The van der Waals surface area contributed by atoms with Gasteiger partial charge in [0.15, 0.2) is 17.1 Å². The lowest BCUT2D eigenvalue weighted by Crippen LogP contribution is -2.48. The summed E-state index contributed by atoms with van der Waals surface area (Å²) in [4.78, 5) is 2.47. The molecular formula is C26H29ClN2O4. The molecule has 5 rings (SSSR count). The van der Waals surface area contributed by atoms with Gasteiger partial charge in [0.2, 0.25) is 0 Å². The normalized spacial score (nSPS) is 16.7. The Morgan fingerprint density at radius 2 is 1.85 bits per heavy atom. The van der Waals surface area contributed by atoms with Crippen LogP contribution in [0.4, 0.5) is 0 Å². The highest BCUT2D eigenvalue weighted by molar-refractivity contribution is 6.30. The summed E-state index contributed by atoms with van der Waals surface area (Å²) in [6.07, 6.45) is 3.94. The van der Waals surface area contributed by atoms with E-state index in [9.17, 15) is 0 Å². The number of aromatic nitrogens is 1. The number of fused-ring (bicyclic) bond motifs is 4. The summed E-state index contributed by atoms with van der Waals surface area (Å²) in [7, 11) is 3.34. The van der Waals surface area contributed by atoms with Crippen LogP contribution < -0.4 is 14.2 Å². The molecule has 3 aromatic rings. The average molecular weight is 469 g/mol. The number of methoxy groups -OCH3 is 2. The zero-order valence-electron chi connectivity index (χ0n) is 19.1. The van der Waals surface area contributed by atoms with Crippen molar-refractivity contribution in [2.24, 2.45) is 0 Å². The third-order valence-corrected chi connectivity index (χ3v) is 6.78. The minimum atomic E-state index is -0.325. The van der Waals surface area contributed by atoms with E-state index in [1.54, 1.807) is 14.2 Å². The lowest BCUT2D eigenvalue weighted by Gasteiger charge is -2.45. The molecule has 0 saturated carbocycles. The lowest BCUT2D eigenvalue weighted by atomic mass is 9.86. The number of rotatable bonds is 7. The van der Waals surface area contributed by atoms with E-state index in [0.717, 1.165) is 55.4 Å². The number of benzene rings is 2. The fraction of sp³-hybridized carbons (Fsp3) is 0.385. The van der Waals surface area contributed by atoms with Crippen LogP contribution in [0, 0.1) is 0 Å². The highest BCUT2D eigenvalue weighted by Crippen LogP contribution is 2.46. The smallest absolute Gasteiger partial charge is 0.161 e. The minimum Gasteiger partial charge on any atom is -0.493 e. The van der Waals surface area contributed by atoms with Crippen LogP contribution in [0.2, 0.25) is 5.02 Å². The Balaban J connectivity index is 1.28. The molecule has 0 unspecified atom stereocenters. The standard InChI is InChI=1S/C26H29ClN2O4/c1-30-14-15-32-22-8-5-19(16-24(22)31-2)18-28-12-9-26(10-13-28)25-4-3-11-29(25)21-7-6-20(27)17-23(21)33-26/h3-8,11,16-17H,9-10,12-15,18H2,1-2H3. The first kappa shape index (κ1) is 22.1. The van der Waals surface area contributed by atoms with Crippen LogP contribution in [0.1, 0.15) is 24.1 Å². The zero-order chi connectivity index (χ0) is 22.8. The molecule has 1 fully saturated rings. The van der Waals surface area contributed by atoms with Crippen molar-refractivity contribution in [2.45, 2.75) is 25.0 Å². The number of nitrogens with zero attached hydrogens (tertiary/aromatic N) is 2. The molecule has 1 spiro atoms. The molecule has 2 aromatic carbocycles. The molecule has 2 aliphatic rings. The van der Waals surface area contributed by atoms with Gasteiger partial charge in [0, 0.05) is 56.9 Å². The van der Waals surface area contributed by atoms with Crippen LogP contribution in [-0.2, 0) is 16.9 Å². The zero-order valence-corrected chi connectivity index (χ0v) is 19.8. The number of piperidine rings is 1. The molecule has 0 atom stereocenters. The van der Waals surface area contributed by atoms with Gasteiger partial charge in [0.05, 0.1) is 25.1 Å². The number of hydrogen-bond donors (Lipinski definition) is 0. The maximum Gasteiger partial charge on any atom is 0.161 e. The van der Waals surface area contributed by atoms with E-state index in [4.69, 9.17) is 30.5 Å². The molecule has 174 valence electrons. The van der Waals surface area contributed by atoms with Gasteiger partial charge in [0.1, 0.15) is 12.4 Å². The predicted octanol–water partition coefficient (Wildman–Crippen LogP) is 5.05. The predicted molar refractivity (Wildman–Crippen MR) is 128 cm³/mol. The third-order valence-electron chi connectivity index (χ3n) is 6.55. The van der Waals surface area contributed by atoms with Crippen molar-refractivity contribution in [1.29, 1.82) is 0 Å². The molecule has 0 aliphatic carbocycles. The van der Waals surface area contributed by atoms with Gasteiger partial charge >= 0.3 is 0 Å².